The second-order valence-electron chi connectivity index (χ2n) is 5.77. The molecule has 0 amide bonds. The standard InChI is InChI=1S/C18H14N4O2S2/c1-11-9-13(12(2)21(11)18-19-7-8-25-18)3-6-17-20-15-5-4-14(22(23)24)10-16(15)26-17/h3-10H,1-2H3/b6-3+. The zero-order valence-electron chi connectivity index (χ0n) is 14.0. The third-order valence-electron chi connectivity index (χ3n) is 4.09. The van der Waals surface area contributed by atoms with Gasteiger partial charge in [0.2, 0.25) is 0 Å². The monoisotopic (exact) mass is 382 g/mol. The Morgan fingerprint density at radius 2 is 2.08 bits per heavy atom. The fourth-order valence-corrected chi connectivity index (χ4v) is 4.51. The highest BCUT2D eigenvalue weighted by Crippen LogP contribution is 2.28. The Labute approximate surface area is 157 Å². The first-order chi connectivity index (χ1) is 12.5. The van der Waals surface area contributed by atoms with E-state index in [-0.39, 0.29) is 10.6 Å². The molecule has 3 heterocycles. The SMILES string of the molecule is Cc1cc(/C=C/c2nc3ccc([N+](=O)[O-])cc3s2)c(C)n1-c1nccs1. The summed E-state index contributed by atoms with van der Waals surface area (Å²) < 4.78 is 2.94. The molecular weight excluding hydrogens is 368 g/mol. The fraction of sp³-hybridized carbons (Fsp3) is 0.111. The minimum absolute atomic E-state index is 0.0867. The van der Waals surface area contributed by atoms with Crippen molar-refractivity contribution in [3.05, 3.63) is 67.9 Å². The molecule has 130 valence electrons. The summed E-state index contributed by atoms with van der Waals surface area (Å²) in [4.78, 5) is 19.4. The van der Waals surface area contributed by atoms with E-state index < -0.39 is 0 Å². The lowest BCUT2D eigenvalue weighted by atomic mass is 10.2. The molecule has 26 heavy (non-hydrogen) atoms. The molecule has 0 radical (unpaired) electrons. The van der Waals surface area contributed by atoms with Gasteiger partial charge in [0.25, 0.3) is 5.69 Å². The number of nitro benzene ring substituents is 1. The van der Waals surface area contributed by atoms with E-state index in [0.29, 0.717) is 0 Å². The Hall–Kier alpha value is -2.84. The molecule has 1 aromatic carbocycles. The van der Waals surface area contributed by atoms with Crippen molar-refractivity contribution in [1.82, 2.24) is 14.5 Å². The molecule has 6 nitrogen and oxygen atoms in total. The van der Waals surface area contributed by atoms with E-state index in [0.717, 1.165) is 37.3 Å². The van der Waals surface area contributed by atoms with E-state index in [1.54, 1.807) is 29.7 Å². The van der Waals surface area contributed by atoms with Crippen LogP contribution in [0.5, 0.6) is 0 Å². The molecule has 0 aliphatic heterocycles. The zero-order valence-corrected chi connectivity index (χ0v) is 15.7. The Bertz CT molecular complexity index is 1140. The normalized spacial score (nSPS) is 11.6. The molecule has 0 N–H and O–H groups in total. The van der Waals surface area contributed by atoms with Crippen molar-refractivity contribution < 1.29 is 4.92 Å². The van der Waals surface area contributed by atoms with Crippen molar-refractivity contribution >= 4 is 50.7 Å². The number of nitrogens with zero attached hydrogens (tertiary/aromatic N) is 4. The first-order valence-electron chi connectivity index (χ1n) is 7.85. The Balaban J connectivity index is 1.67. The maximum absolute atomic E-state index is 10.9. The summed E-state index contributed by atoms with van der Waals surface area (Å²) in [5.74, 6) is 0. The van der Waals surface area contributed by atoms with Gasteiger partial charge in [0.1, 0.15) is 5.01 Å². The smallest absolute Gasteiger partial charge is 0.270 e. The largest absolute Gasteiger partial charge is 0.294 e. The summed E-state index contributed by atoms with van der Waals surface area (Å²) in [5.41, 5.74) is 4.20. The minimum atomic E-state index is -0.387. The van der Waals surface area contributed by atoms with Crippen molar-refractivity contribution in [3.8, 4) is 5.13 Å². The van der Waals surface area contributed by atoms with Gasteiger partial charge in [0.05, 0.1) is 15.1 Å². The van der Waals surface area contributed by atoms with E-state index in [1.165, 1.54) is 17.4 Å². The van der Waals surface area contributed by atoms with Gasteiger partial charge >= 0.3 is 0 Å². The third-order valence-corrected chi connectivity index (χ3v) is 5.83. The molecular formula is C18H14N4O2S2. The second kappa shape index (κ2) is 6.47. The quantitative estimate of drug-likeness (QED) is 0.357. The lowest BCUT2D eigenvalue weighted by Crippen LogP contribution is -1.97. The van der Waals surface area contributed by atoms with Crippen LogP contribution in [-0.2, 0) is 0 Å². The maximum Gasteiger partial charge on any atom is 0.270 e. The summed E-state index contributed by atoms with van der Waals surface area (Å²) in [6, 6.07) is 6.86. The Morgan fingerprint density at radius 1 is 1.23 bits per heavy atom. The van der Waals surface area contributed by atoms with E-state index in [2.05, 4.69) is 34.4 Å². The number of non-ortho nitro benzene ring substituents is 1. The molecule has 0 fully saturated rings. The topological polar surface area (TPSA) is 73.8 Å². The van der Waals surface area contributed by atoms with Crippen LogP contribution in [0, 0.1) is 24.0 Å². The van der Waals surface area contributed by atoms with Gasteiger partial charge in [0.15, 0.2) is 5.13 Å². The lowest BCUT2D eigenvalue weighted by Gasteiger charge is -2.04. The number of aromatic nitrogens is 3. The van der Waals surface area contributed by atoms with Crippen LogP contribution >= 0.6 is 22.7 Å². The molecule has 0 aliphatic rings. The van der Waals surface area contributed by atoms with Crippen molar-refractivity contribution in [2.75, 3.05) is 0 Å². The molecule has 4 aromatic rings. The summed E-state index contributed by atoms with van der Waals surface area (Å²) in [6.07, 6.45) is 5.78. The third kappa shape index (κ3) is 2.93. The van der Waals surface area contributed by atoms with E-state index >= 15 is 0 Å². The summed E-state index contributed by atoms with van der Waals surface area (Å²) in [5, 5.41) is 14.6. The van der Waals surface area contributed by atoms with Crippen LogP contribution in [0.25, 0.3) is 27.5 Å². The summed E-state index contributed by atoms with van der Waals surface area (Å²) in [6.45, 7) is 4.12. The molecule has 0 bridgehead atoms. The number of hydrogen-bond acceptors (Lipinski definition) is 6. The van der Waals surface area contributed by atoms with Crippen LogP contribution in [0.2, 0.25) is 0 Å². The van der Waals surface area contributed by atoms with Crippen molar-refractivity contribution in [2.45, 2.75) is 13.8 Å². The van der Waals surface area contributed by atoms with Crippen LogP contribution in [0.3, 0.4) is 0 Å². The van der Waals surface area contributed by atoms with Crippen LogP contribution in [0.4, 0.5) is 5.69 Å². The fourth-order valence-electron chi connectivity index (χ4n) is 2.85. The van der Waals surface area contributed by atoms with Crippen LogP contribution < -0.4 is 0 Å². The van der Waals surface area contributed by atoms with Crippen molar-refractivity contribution in [1.29, 1.82) is 0 Å². The first kappa shape index (κ1) is 16.6. The average Bonchev–Trinajstić information content (AvgIpc) is 3.31. The molecule has 0 saturated heterocycles. The van der Waals surface area contributed by atoms with Gasteiger partial charge in [-0.15, -0.1) is 22.7 Å². The van der Waals surface area contributed by atoms with Gasteiger partial charge in [-0.2, -0.15) is 0 Å². The molecule has 0 spiro atoms. The average molecular weight is 382 g/mol. The summed E-state index contributed by atoms with van der Waals surface area (Å²) in [7, 11) is 0. The molecule has 8 heteroatoms. The van der Waals surface area contributed by atoms with Crippen LogP contribution in [0.15, 0.2) is 35.8 Å². The molecule has 4 rings (SSSR count). The number of fused-ring (bicyclic) bond motifs is 1. The number of thiazole rings is 2. The number of hydrogen-bond donors (Lipinski definition) is 0. The van der Waals surface area contributed by atoms with Gasteiger partial charge in [-0.25, -0.2) is 9.97 Å². The van der Waals surface area contributed by atoms with Crippen molar-refractivity contribution in [3.63, 3.8) is 0 Å². The molecule has 0 atom stereocenters. The number of benzene rings is 1. The first-order valence-corrected chi connectivity index (χ1v) is 9.54. The van der Waals surface area contributed by atoms with Crippen molar-refractivity contribution in [2.24, 2.45) is 0 Å². The molecule has 3 aromatic heterocycles. The van der Waals surface area contributed by atoms with Gasteiger partial charge in [0, 0.05) is 35.1 Å². The summed E-state index contributed by atoms with van der Waals surface area (Å²) >= 11 is 3.04. The van der Waals surface area contributed by atoms with E-state index in [1.807, 2.05) is 17.5 Å². The highest BCUT2D eigenvalue weighted by molar-refractivity contribution is 7.19. The number of rotatable bonds is 4. The second-order valence-corrected chi connectivity index (χ2v) is 7.71. The predicted octanol–water partition coefficient (Wildman–Crippen LogP) is 5.24. The minimum Gasteiger partial charge on any atom is -0.294 e. The molecule has 0 saturated carbocycles. The van der Waals surface area contributed by atoms with Crippen LogP contribution in [0.1, 0.15) is 22.0 Å². The number of nitro groups is 1. The molecule has 0 unspecified atom stereocenters. The predicted molar refractivity (Wildman–Crippen MR) is 106 cm³/mol. The molecule has 0 aliphatic carbocycles. The van der Waals surface area contributed by atoms with Gasteiger partial charge in [-0.1, -0.05) is 6.08 Å². The van der Waals surface area contributed by atoms with Gasteiger partial charge in [-0.3, -0.25) is 14.7 Å². The lowest BCUT2D eigenvalue weighted by molar-refractivity contribution is -0.384. The van der Waals surface area contributed by atoms with E-state index in [4.69, 9.17) is 0 Å². The number of aryl methyl sites for hydroxylation is 1. The maximum atomic E-state index is 10.9. The highest BCUT2D eigenvalue weighted by Gasteiger charge is 2.12. The van der Waals surface area contributed by atoms with Gasteiger partial charge < -0.3 is 0 Å². The van der Waals surface area contributed by atoms with Crippen LogP contribution in [-0.4, -0.2) is 19.5 Å². The zero-order chi connectivity index (χ0) is 18.3. The van der Waals surface area contributed by atoms with E-state index in [9.17, 15) is 10.1 Å². The Kier molecular flexibility index (Phi) is 4.14. The highest BCUT2D eigenvalue weighted by atomic mass is 32.1. The Morgan fingerprint density at radius 3 is 2.81 bits per heavy atom. The van der Waals surface area contributed by atoms with Gasteiger partial charge in [-0.05, 0) is 37.6 Å².